The van der Waals surface area contributed by atoms with E-state index in [1.165, 1.54) is 0 Å². The van der Waals surface area contributed by atoms with Crippen LogP contribution in [0.2, 0.25) is 0 Å². The predicted molar refractivity (Wildman–Crippen MR) is 54.4 cm³/mol. The lowest BCUT2D eigenvalue weighted by atomic mass is 10.2. The number of imidazole rings is 1. The molecular formula is C9H13BrN2. The Morgan fingerprint density at radius 3 is 2.92 bits per heavy atom. The third-order valence-corrected chi connectivity index (χ3v) is 1.86. The SMILES string of the molecule is C=C(Br)Cn1ccnc1C(C)C. The number of allylic oxidation sites excluding steroid dienone is 1. The van der Waals surface area contributed by atoms with Crippen LogP contribution in [0.5, 0.6) is 0 Å². The Morgan fingerprint density at radius 1 is 1.75 bits per heavy atom. The van der Waals surface area contributed by atoms with E-state index in [2.05, 4.69) is 45.9 Å². The van der Waals surface area contributed by atoms with Crippen molar-refractivity contribution in [2.75, 3.05) is 0 Å². The van der Waals surface area contributed by atoms with Gasteiger partial charge in [0.2, 0.25) is 0 Å². The van der Waals surface area contributed by atoms with Crippen molar-refractivity contribution >= 4 is 15.9 Å². The molecule has 66 valence electrons. The Morgan fingerprint density at radius 2 is 2.42 bits per heavy atom. The third-order valence-electron chi connectivity index (χ3n) is 1.61. The topological polar surface area (TPSA) is 17.8 Å². The van der Waals surface area contributed by atoms with E-state index in [9.17, 15) is 0 Å². The molecule has 0 fully saturated rings. The molecule has 0 saturated heterocycles. The van der Waals surface area contributed by atoms with Crippen LogP contribution >= 0.6 is 15.9 Å². The van der Waals surface area contributed by atoms with Gasteiger partial charge in [-0.1, -0.05) is 36.4 Å². The van der Waals surface area contributed by atoms with Crippen LogP contribution in [0.1, 0.15) is 25.6 Å². The van der Waals surface area contributed by atoms with Crippen molar-refractivity contribution in [2.24, 2.45) is 0 Å². The molecule has 0 atom stereocenters. The van der Waals surface area contributed by atoms with Crippen LogP contribution in [0.15, 0.2) is 23.5 Å². The number of hydrogen-bond acceptors (Lipinski definition) is 1. The van der Waals surface area contributed by atoms with Gasteiger partial charge in [-0.25, -0.2) is 4.98 Å². The molecule has 1 heterocycles. The maximum absolute atomic E-state index is 4.27. The van der Waals surface area contributed by atoms with Gasteiger partial charge in [0, 0.05) is 22.8 Å². The molecule has 0 aliphatic rings. The van der Waals surface area contributed by atoms with E-state index >= 15 is 0 Å². The van der Waals surface area contributed by atoms with E-state index in [4.69, 9.17) is 0 Å². The number of rotatable bonds is 3. The van der Waals surface area contributed by atoms with Crippen LogP contribution in [0.3, 0.4) is 0 Å². The molecule has 0 aliphatic carbocycles. The number of hydrogen-bond donors (Lipinski definition) is 0. The molecule has 1 rings (SSSR count). The van der Waals surface area contributed by atoms with Crippen molar-refractivity contribution in [1.29, 1.82) is 0 Å². The standard InChI is InChI=1S/C9H13BrN2/c1-7(2)9-11-4-5-12(9)6-8(3)10/h4-5,7H,3,6H2,1-2H3. The Kier molecular flexibility index (Phi) is 3.09. The van der Waals surface area contributed by atoms with Crippen LogP contribution in [0.25, 0.3) is 0 Å². The number of nitrogens with zero attached hydrogens (tertiary/aromatic N) is 2. The molecule has 1 aromatic rings. The van der Waals surface area contributed by atoms with Gasteiger partial charge in [-0.3, -0.25) is 0 Å². The van der Waals surface area contributed by atoms with Gasteiger partial charge in [0.15, 0.2) is 0 Å². The van der Waals surface area contributed by atoms with Gasteiger partial charge in [0.25, 0.3) is 0 Å². The minimum Gasteiger partial charge on any atom is -0.330 e. The lowest BCUT2D eigenvalue weighted by Crippen LogP contribution is -2.04. The first-order chi connectivity index (χ1) is 5.61. The average molecular weight is 229 g/mol. The molecule has 12 heavy (non-hydrogen) atoms. The van der Waals surface area contributed by atoms with E-state index in [1.54, 1.807) is 0 Å². The summed E-state index contributed by atoms with van der Waals surface area (Å²) in [5, 5.41) is 0. The van der Waals surface area contributed by atoms with Crippen molar-refractivity contribution in [3.8, 4) is 0 Å². The zero-order valence-electron chi connectivity index (χ0n) is 7.42. The van der Waals surface area contributed by atoms with Crippen LogP contribution in [-0.4, -0.2) is 9.55 Å². The summed E-state index contributed by atoms with van der Waals surface area (Å²) < 4.78 is 3.07. The number of halogens is 1. The van der Waals surface area contributed by atoms with Gasteiger partial charge in [0.1, 0.15) is 5.82 Å². The second-order valence-electron chi connectivity index (χ2n) is 3.09. The van der Waals surface area contributed by atoms with E-state index in [-0.39, 0.29) is 0 Å². The molecule has 0 aliphatic heterocycles. The van der Waals surface area contributed by atoms with E-state index in [0.29, 0.717) is 5.92 Å². The predicted octanol–water partition coefficient (Wildman–Crippen LogP) is 2.92. The van der Waals surface area contributed by atoms with Crippen molar-refractivity contribution < 1.29 is 0 Å². The minimum atomic E-state index is 0.465. The van der Waals surface area contributed by atoms with Gasteiger partial charge in [-0.2, -0.15) is 0 Å². The molecule has 3 heteroatoms. The zero-order chi connectivity index (χ0) is 9.14. The van der Waals surface area contributed by atoms with Crippen LogP contribution < -0.4 is 0 Å². The van der Waals surface area contributed by atoms with Gasteiger partial charge in [-0.05, 0) is 0 Å². The summed E-state index contributed by atoms with van der Waals surface area (Å²) in [7, 11) is 0. The molecular weight excluding hydrogens is 216 g/mol. The van der Waals surface area contributed by atoms with E-state index in [0.717, 1.165) is 16.9 Å². The number of aromatic nitrogens is 2. The fraction of sp³-hybridized carbons (Fsp3) is 0.444. The van der Waals surface area contributed by atoms with Crippen LogP contribution in [0.4, 0.5) is 0 Å². The van der Waals surface area contributed by atoms with Gasteiger partial charge in [0.05, 0.1) is 6.54 Å². The fourth-order valence-electron chi connectivity index (χ4n) is 1.14. The first-order valence-electron chi connectivity index (χ1n) is 3.95. The largest absolute Gasteiger partial charge is 0.330 e. The highest BCUT2D eigenvalue weighted by Gasteiger charge is 2.06. The molecule has 2 nitrogen and oxygen atoms in total. The summed E-state index contributed by atoms with van der Waals surface area (Å²) in [6, 6.07) is 0. The first-order valence-corrected chi connectivity index (χ1v) is 4.75. The normalized spacial score (nSPS) is 10.7. The molecule has 0 radical (unpaired) electrons. The van der Waals surface area contributed by atoms with Crippen LogP contribution in [0, 0.1) is 0 Å². The summed E-state index contributed by atoms with van der Waals surface area (Å²) in [6.45, 7) is 8.87. The average Bonchev–Trinajstić information content (AvgIpc) is 2.33. The van der Waals surface area contributed by atoms with Crippen molar-refractivity contribution in [1.82, 2.24) is 9.55 Å². The Balaban J connectivity index is 2.84. The molecule has 0 spiro atoms. The summed E-state index contributed by atoms with van der Waals surface area (Å²) >= 11 is 3.34. The summed E-state index contributed by atoms with van der Waals surface area (Å²) in [5.74, 6) is 1.57. The monoisotopic (exact) mass is 228 g/mol. The maximum atomic E-state index is 4.27. The van der Waals surface area contributed by atoms with Gasteiger partial charge >= 0.3 is 0 Å². The summed E-state index contributed by atoms with van der Waals surface area (Å²) in [6.07, 6.45) is 3.80. The zero-order valence-corrected chi connectivity index (χ0v) is 9.00. The highest BCUT2D eigenvalue weighted by molar-refractivity contribution is 9.11. The van der Waals surface area contributed by atoms with Crippen molar-refractivity contribution in [3.63, 3.8) is 0 Å². The lowest BCUT2D eigenvalue weighted by molar-refractivity contribution is 0.676. The van der Waals surface area contributed by atoms with Crippen molar-refractivity contribution in [3.05, 3.63) is 29.3 Å². The van der Waals surface area contributed by atoms with Crippen LogP contribution in [-0.2, 0) is 6.54 Å². The van der Waals surface area contributed by atoms with E-state index < -0.39 is 0 Å². The second kappa shape index (κ2) is 3.90. The summed E-state index contributed by atoms with van der Waals surface area (Å²) in [5.41, 5.74) is 0. The summed E-state index contributed by atoms with van der Waals surface area (Å²) in [4.78, 5) is 4.27. The first kappa shape index (κ1) is 9.52. The molecule has 0 saturated carbocycles. The fourth-order valence-corrected chi connectivity index (χ4v) is 1.41. The highest BCUT2D eigenvalue weighted by Crippen LogP contribution is 2.14. The molecule has 1 aromatic heterocycles. The molecule has 0 unspecified atom stereocenters. The smallest absolute Gasteiger partial charge is 0.111 e. The highest BCUT2D eigenvalue weighted by atomic mass is 79.9. The second-order valence-corrected chi connectivity index (χ2v) is 4.21. The third kappa shape index (κ3) is 2.21. The minimum absolute atomic E-state index is 0.465. The quantitative estimate of drug-likeness (QED) is 0.779. The van der Waals surface area contributed by atoms with Crippen molar-refractivity contribution in [2.45, 2.75) is 26.3 Å². The lowest BCUT2D eigenvalue weighted by Gasteiger charge is -2.08. The Bertz CT molecular complexity index is 276. The van der Waals surface area contributed by atoms with Gasteiger partial charge < -0.3 is 4.57 Å². The molecule has 0 aromatic carbocycles. The molecule has 0 N–H and O–H groups in total. The van der Waals surface area contributed by atoms with Gasteiger partial charge in [-0.15, -0.1) is 0 Å². The van der Waals surface area contributed by atoms with E-state index in [1.807, 2.05) is 12.4 Å². The maximum Gasteiger partial charge on any atom is 0.111 e. The molecule has 0 bridgehead atoms. The molecule has 0 amide bonds. The Labute approximate surface area is 81.4 Å². The Hall–Kier alpha value is -0.570.